The van der Waals surface area contributed by atoms with Gasteiger partial charge in [-0.2, -0.15) is 0 Å². The Morgan fingerprint density at radius 2 is 1.85 bits per heavy atom. The summed E-state index contributed by atoms with van der Waals surface area (Å²) < 4.78 is 60.3. The molecule has 180 valence electrons. The summed E-state index contributed by atoms with van der Waals surface area (Å²) in [5.41, 5.74) is 0.366. The van der Waals surface area contributed by atoms with E-state index in [-0.39, 0.29) is 35.9 Å². The van der Waals surface area contributed by atoms with Gasteiger partial charge in [0.15, 0.2) is 9.84 Å². The van der Waals surface area contributed by atoms with Crippen LogP contribution in [0.4, 0.5) is 8.78 Å². The minimum absolute atomic E-state index is 0.00262. The lowest BCUT2D eigenvalue weighted by Gasteiger charge is -2.26. The number of hydrogen-bond acceptors (Lipinski definition) is 6. The highest BCUT2D eigenvalue weighted by molar-refractivity contribution is 7.91. The predicted octanol–water partition coefficient (Wildman–Crippen LogP) is 3.23. The standard InChI is InChI=1S/C23H21ClF2N2O5S/c1-2-33-23(30)22(29)28-13-14-3-10-20(27-12-14)21(18-11-16(25)6-9-19(18)26)34(31,32)17-7-4-15(24)5-8-17/h3-11,21,27H,2,12-13H2,1H3,(H,28,29). The number of carbonyl (C=O) groups is 2. The number of esters is 1. The van der Waals surface area contributed by atoms with Crippen LogP contribution in [0.3, 0.4) is 0 Å². The van der Waals surface area contributed by atoms with E-state index in [4.69, 9.17) is 11.6 Å². The van der Waals surface area contributed by atoms with E-state index in [0.29, 0.717) is 10.6 Å². The number of allylic oxidation sites excluding steroid dienone is 2. The minimum Gasteiger partial charge on any atom is -0.459 e. The monoisotopic (exact) mass is 510 g/mol. The number of rotatable bonds is 7. The molecule has 1 aliphatic heterocycles. The van der Waals surface area contributed by atoms with Crippen LogP contribution >= 0.6 is 11.6 Å². The van der Waals surface area contributed by atoms with E-state index < -0.39 is 38.6 Å². The van der Waals surface area contributed by atoms with Crippen molar-refractivity contribution in [2.75, 3.05) is 19.7 Å². The number of carbonyl (C=O) groups excluding carboxylic acids is 2. The third kappa shape index (κ3) is 5.81. The van der Waals surface area contributed by atoms with Crippen LogP contribution in [0.2, 0.25) is 5.02 Å². The predicted molar refractivity (Wildman–Crippen MR) is 122 cm³/mol. The van der Waals surface area contributed by atoms with Crippen LogP contribution in [0, 0.1) is 11.6 Å². The summed E-state index contributed by atoms with van der Waals surface area (Å²) in [4.78, 5) is 23.0. The molecule has 3 rings (SSSR count). The molecule has 1 heterocycles. The first-order valence-corrected chi connectivity index (χ1v) is 12.1. The van der Waals surface area contributed by atoms with Crippen LogP contribution in [-0.4, -0.2) is 40.0 Å². The Morgan fingerprint density at radius 3 is 2.47 bits per heavy atom. The maximum Gasteiger partial charge on any atom is 0.396 e. The Balaban J connectivity index is 1.95. The molecule has 1 atom stereocenters. The van der Waals surface area contributed by atoms with E-state index in [2.05, 4.69) is 15.4 Å². The maximum absolute atomic E-state index is 14.7. The van der Waals surface area contributed by atoms with E-state index in [9.17, 15) is 26.8 Å². The third-order valence-corrected chi connectivity index (χ3v) is 7.24. The van der Waals surface area contributed by atoms with Crippen molar-refractivity contribution in [3.63, 3.8) is 0 Å². The molecule has 7 nitrogen and oxygen atoms in total. The number of hydrogen-bond donors (Lipinski definition) is 2. The van der Waals surface area contributed by atoms with E-state index in [1.165, 1.54) is 30.3 Å². The Labute approximate surface area is 200 Å². The molecular weight excluding hydrogens is 490 g/mol. The van der Waals surface area contributed by atoms with Gasteiger partial charge in [-0.15, -0.1) is 0 Å². The molecule has 0 spiro atoms. The average Bonchev–Trinajstić information content (AvgIpc) is 2.81. The molecule has 2 aromatic rings. The van der Waals surface area contributed by atoms with Gasteiger partial charge in [-0.1, -0.05) is 17.7 Å². The van der Waals surface area contributed by atoms with E-state index >= 15 is 0 Å². The van der Waals surface area contributed by atoms with Crippen LogP contribution in [0.5, 0.6) is 0 Å². The third-order valence-electron chi connectivity index (χ3n) is 4.93. The number of ether oxygens (including phenoxy) is 1. The second kappa shape index (κ2) is 10.8. The van der Waals surface area contributed by atoms with Crippen LogP contribution in [0.15, 0.2) is 70.8 Å². The molecule has 1 unspecified atom stereocenters. The Hall–Kier alpha value is -3.24. The maximum atomic E-state index is 14.7. The number of dihydropyridines is 1. The smallest absolute Gasteiger partial charge is 0.396 e. The number of sulfone groups is 1. The molecular formula is C23H21ClF2N2O5S. The van der Waals surface area contributed by atoms with Gasteiger partial charge in [0.25, 0.3) is 0 Å². The Bertz CT molecular complexity index is 1260. The fourth-order valence-corrected chi connectivity index (χ4v) is 5.21. The van der Waals surface area contributed by atoms with Crippen molar-refractivity contribution in [2.24, 2.45) is 0 Å². The molecule has 0 fully saturated rings. The van der Waals surface area contributed by atoms with Gasteiger partial charge < -0.3 is 15.4 Å². The molecule has 1 aliphatic rings. The topological polar surface area (TPSA) is 102 Å². The van der Waals surface area contributed by atoms with Crippen molar-refractivity contribution < 1.29 is 31.5 Å². The first-order chi connectivity index (χ1) is 16.1. The zero-order chi connectivity index (χ0) is 24.9. The van der Waals surface area contributed by atoms with Crippen LogP contribution < -0.4 is 10.6 Å². The van der Waals surface area contributed by atoms with Crippen LogP contribution in [0.1, 0.15) is 17.7 Å². The normalized spacial score (nSPS) is 14.4. The lowest BCUT2D eigenvalue weighted by Crippen LogP contribution is -2.36. The number of nitrogens with one attached hydrogen (secondary N) is 2. The van der Waals surface area contributed by atoms with Gasteiger partial charge in [-0.3, -0.25) is 4.79 Å². The van der Waals surface area contributed by atoms with Gasteiger partial charge in [-0.05, 0) is 61.0 Å². The van der Waals surface area contributed by atoms with Crippen molar-refractivity contribution >= 4 is 33.3 Å². The molecule has 0 saturated heterocycles. The highest BCUT2D eigenvalue weighted by Gasteiger charge is 2.35. The van der Waals surface area contributed by atoms with Gasteiger partial charge in [0.2, 0.25) is 0 Å². The highest BCUT2D eigenvalue weighted by atomic mass is 35.5. The molecule has 0 aromatic heterocycles. The molecule has 34 heavy (non-hydrogen) atoms. The summed E-state index contributed by atoms with van der Waals surface area (Å²) in [6, 6.07) is 7.96. The lowest BCUT2D eigenvalue weighted by molar-refractivity contribution is -0.154. The van der Waals surface area contributed by atoms with Gasteiger partial charge in [0.05, 0.1) is 11.5 Å². The molecule has 0 bridgehead atoms. The van der Waals surface area contributed by atoms with E-state index in [1.54, 1.807) is 13.0 Å². The largest absolute Gasteiger partial charge is 0.459 e. The van der Waals surface area contributed by atoms with Crippen molar-refractivity contribution in [2.45, 2.75) is 17.1 Å². The second-order valence-corrected chi connectivity index (χ2v) is 9.72. The molecule has 2 N–H and O–H groups in total. The first kappa shape index (κ1) is 25.4. The SMILES string of the molecule is CCOC(=O)C(=O)NCC1=CC=C(C(c2cc(F)ccc2F)S(=O)(=O)c2ccc(Cl)cc2)NC1. The fraction of sp³-hybridized carbons (Fsp3) is 0.217. The zero-order valence-corrected chi connectivity index (χ0v) is 19.6. The highest BCUT2D eigenvalue weighted by Crippen LogP contribution is 2.37. The van der Waals surface area contributed by atoms with Gasteiger partial charge in [-0.25, -0.2) is 22.0 Å². The Morgan fingerprint density at radius 1 is 1.15 bits per heavy atom. The minimum atomic E-state index is -4.23. The molecule has 11 heteroatoms. The van der Waals surface area contributed by atoms with E-state index in [1.807, 2.05) is 0 Å². The average molecular weight is 511 g/mol. The van der Waals surface area contributed by atoms with Crippen molar-refractivity contribution in [3.8, 4) is 0 Å². The second-order valence-electron chi connectivity index (χ2n) is 7.25. The summed E-state index contributed by atoms with van der Waals surface area (Å²) >= 11 is 5.86. The molecule has 0 saturated carbocycles. The quantitative estimate of drug-likeness (QED) is 0.438. The molecule has 1 amide bonds. The number of benzene rings is 2. The Kier molecular flexibility index (Phi) is 8.06. The molecule has 2 aromatic carbocycles. The lowest BCUT2D eigenvalue weighted by atomic mass is 10.0. The summed E-state index contributed by atoms with van der Waals surface area (Å²) in [6.45, 7) is 1.72. The molecule has 0 radical (unpaired) electrons. The van der Waals surface area contributed by atoms with Gasteiger partial charge in [0, 0.05) is 29.4 Å². The first-order valence-electron chi connectivity index (χ1n) is 10.2. The van der Waals surface area contributed by atoms with Crippen molar-refractivity contribution in [3.05, 3.63) is 88.1 Å². The van der Waals surface area contributed by atoms with E-state index in [0.717, 1.165) is 18.2 Å². The van der Waals surface area contributed by atoms with Crippen LogP contribution in [-0.2, 0) is 24.2 Å². The number of halogens is 3. The van der Waals surface area contributed by atoms with Gasteiger partial charge >= 0.3 is 11.9 Å². The van der Waals surface area contributed by atoms with Gasteiger partial charge in [0.1, 0.15) is 16.9 Å². The summed E-state index contributed by atoms with van der Waals surface area (Å²) in [5, 5.41) is 4.06. The summed E-state index contributed by atoms with van der Waals surface area (Å²) in [6.07, 6.45) is 2.96. The van der Waals surface area contributed by atoms with Crippen molar-refractivity contribution in [1.82, 2.24) is 10.6 Å². The fourth-order valence-electron chi connectivity index (χ4n) is 3.28. The van der Waals surface area contributed by atoms with Crippen molar-refractivity contribution in [1.29, 1.82) is 0 Å². The zero-order valence-electron chi connectivity index (χ0n) is 18.0. The summed E-state index contributed by atoms with van der Waals surface area (Å²) in [7, 11) is -4.23. The summed E-state index contributed by atoms with van der Waals surface area (Å²) in [5.74, 6) is -3.61. The molecule has 0 aliphatic carbocycles. The number of amides is 1. The van der Waals surface area contributed by atoms with Crippen LogP contribution in [0.25, 0.3) is 0 Å².